The summed E-state index contributed by atoms with van der Waals surface area (Å²) in [4.78, 5) is 30.9. The van der Waals surface area contributed by atoms with Gasteiger partial charge in [0, 0.05) is 43.2 Å². The molecule has 0 bridgehead atoms. The van der Waals surface area contributed by atoms with E-state index in [0.29, 0.717) is 17.7 Å². The summed E-state index contributed by atoms with van der Waals surface area (Å²) in [6.45, 7) is 7.19. The standard InChI is InChI=1S/C18H24N6O/c1-12-7-13(2)22-18(21-12)23-17-9-16(19-11-20-17)8-15-5-4-6-24(10-15)14(3)25/h7,9,11,15H,4-6,8,10H2,1-3H3,(H,19,20,21,22,23). The largest absolute Gasteiger partial charge is 0.343 e. The van der Waals surface area contributed by atoms with Crippen molar-refractivity contribution in [2.45, 2.75) is 40.0 Å². The first-order valence-electron chi connectivity index (χ1n) is 8.65. The average molecular weight is 340 g/mol. The van der Waals surface area contributed by atoms with Crippen molar-refractivity contribution in [2.75, 3.05) is 18.4 Å². The zero-order valence-corrected chi connectivity index (χ0v) is 15.0. The Morgan fingerprint density at radius 3 is 2.72 bits per heavy atom. The molecule has 7 heteroatoms. The molecule has 1 aliphatic heterocycles. The van der Waals surface area contributed by atoms with E-state index in [2.05, 4.69) is 25.3 Å². The van der Waals surface area contributed by atoms with E-state index in [4.69, 9.17) is 0 Å². The number of carbonyl (C=O) groups is 1. The summed E-state index contributed by atoms with van der Waals surface area (Å²) in [7, 11) is 0. The number of aryl methyl sites for hydroxylation is 2. The molecule has 25 heavy (non-hydrogen) atoms. The summed E-state index contributed by atoms with van der Waals surface area (Å²) in [5.41, 5.74) is 2.80. The lowest BCUT2D eigenvalue weighted by Gasteiger charge is -2.31. The van der Waals surface area contributed by atoms with E-state index in [-0.39, 0.29) is 5.91 Å². The minimum absolute atomic E-state index is 0.154. The molecule has 3 heterocycles. The van der Waals surface area contributed by atoms with Gasteiger partial charge in [-0.15, -0.1) is 0 Å². The average Bonchev–Trinajstić information content (AvgIpc) is 2.54. The molecule has 3 rings (SSSR count). The molecule has 1 unspecified atom stereocenters. The number of amides is 1. The molecule has 1 atom stereocenters. The predicted molar refractivity (Wildman–Crippen MR) is 95.5 cm³/mol. The lowest BCUT2D eigenvalue weighted by molar-refractivity contribution is -0.130. The zero-order chi connectivity index (χ0) is 17.8. The van der Waals surface area contributed by atoms with Gasteiger partial charge in [0.2, 0.25) is 11.9 Å². The number of nitrogens with one attached hydrogen (secondary N) is 1. The summed E-state index contributed by atoms with van der Waals surface area (Å²) < 4.78 is 0. The van der Waals surface area contributed by atoms with E-state index in [9.17, 15) is 4.79 Å². The van der Waals surface area contributed by atoms with Gasteiger partial charge in [-0.2, -0.15) is 0 Å². The fourth-order valence-electron chi connectivity index (χ4n) is 3.29. The number of nitrogens with zero attached hydrogens (tertiary/aromatic N) is 5. The molecular formula is C18H24N6O. The summed E-state index contributed by atoms with van der Waals surface area (Å²) in [5.74, 6) is 1.83. The second-order valence-electron chi connectivity index (χ2n) is 6.67. The molecular weight excluding hydrogens is 316 g/mol. The van der Waals surface area contributed by atoms with E-state index < -0.39 is 0 Å². The molecule has 1 amide bonds. The van der Waals surface area contributed by atoms with Gasteiger partial charge in [0.1, 0.15) is 12.1 Å². The Morgan fingerprint density at radius 1 is 1.24 bits per heavy atom. The zero-order valence-electron chi connectivity index (χ0n) is 15.0. The Morgan fingerprint density at radius 2 is 2.00 bits per heavy atom. The fraction of sp³-hybridized carbons (Fsp3) is 0.500. The highest BCUT2D eigenvalue weighted by Crippen LogP contribution is 2.21. The van der Waals surface area contributed by atoms with Crippen LogP contribution < -0.4 is 5.32 Å². The van der Waals surface area contributed by atoms with Crippen LogP contribution in [0.5, 0.6) is 0 Å². The molecule has 0 saturated carbocycles. The van der Waals surface area contributed by atoms with Crippen LogP contribution in [-0.4, -0.2) is 43.8 Å². The van der Waals surface area contributed by atoms with Crippen molar-refractivity contribution in [3.63, 3.8) is 0 Å². The minimum atomic E-state index is 0.154. The van der Waals surface area contributed by atoms with Crippen LogP contribution in [0.3, 0.4) is 0 Å². The van der Waals surface area contributed by atoms with Crippen molar-refractivity contribution in [3.8, 4) is 0 Å². The highest BCUT2D eigenvalue weighted by atomic mass is 16.2. The maximum Gasteiger partial charge on any atom is 0.228 e. The first-order valence-corrected chi connectivity index (χ1v) is 8.65. The molecule has 2 aromatic heterocycles. The van der Waals surface area contributed by atoms with Crippen LogP contribution in [0.4, 0.5) is 11.8 Å². The first-order chi connectivity index (χ1) is 12.0. The molecule has 132 valence electrons. The molecule has 7 nitrogen and oxygen atoms in total. The molecule has 0 aromatic carbocycles. The van der Waals surface area contributed by atoms with Crippen LogP contribution in [0, 0.1) is 19.8 Å². The Hall–Kier alpha value is -2.57. The van der Waals surface area contributed by atoms with Crippen LogP contribution >= 0.6 is 0 Å². The first kappa shape index (κ1) is 17.3. The van der Waals surface area contributed by atoms with Gasteiger partial charge in [-0.3, -0.25) is 4.79 Å². The summed E-state index contributed by atoms with van der Waals surface area (Å²) in [6, 6.07) is 3.87. The molecule has 1 aliphatic rings. The molecule has 0 radical (unpaired) electrons. The van der Waals surface area contributed by atoms with Crippen molar-refractivity contribution in [1.82, 2.24) is 24.8 Å². The van der Waals surface area contributed by atoms with E-state index in [1.54, 1.807) is 13.3 Å². The van der Waals surface area contributed by atoms with Crippen LogP contribution in [-0.2, 0) is 11.2 Å². The minimum Gasteiger partial charge on any atom is -0.343 e. The lowest BCUT2D eigenvalue weighted by atomic mass is 9.93. The highest BCUT2D eigenvalue weighted by molar-refractivity contribution is 5.73. The van der Waals surface area contributed by atoms with Crippen molar-refractivity contribution >= 4 is 17.7 Å². The number of anilines is 2. The van der Waals surface area contributed by atoms with Crippen molar-refractivity contribution in [1.29, 1.82) is 0 Å². The fourth-order valence-corrected chi connectivity index (χ4v) is 3.29. The maximum absolute atomic E-state index is 11.6. The lowest BCUT2D eigenvalue weighted by Crippen LogP contribution is -2.39. The Kier molecular flexibility index (Phi) is 5.21. The summed E-state index contributed by atoms with van der Waals surface area (Å²) in [5, 5.41) is 3.15. The van der Waals surface area contributed by atoms with Gasteiger partial charge in [0.05, 0.1) is 0 Å². The SMILES string of the molecule is CC(=O)N1CCCC(Cc2cc(Nc3nc(C)cc(C)n3)ncn2)C1. The molecule has 0 aliphatic carbocycles. The van der Waals surface area contributed by atoms with E-state index in [0.717, 1.165) is 49.4 Å². The van der Waals surface area contributed by atoms with Gasteiger partial charge in [0.25, 0.3) is 0 Å². The van der Waals surface area contributed by atoms with Crippen LogP contribution in [0.15, 0.2) is 18.5 Å². The van der Waals surface area contributed by atoms with E-state index in [1.807, 2.05) is 30.9 Å². The number of likely N-dealkylation sites (tertiary alicyclic amines) is 1. The Balaban J connectivity index is 1.68. The third-order valence-electron chi connectivity index (χ3n) is 4.41. The third kappa shape index (κ3) is 4.71. The van der Waals surface area contributed by atoms with Gasteiger partial charge in [-0.1, -0.05) is 0 Å². The third-order valence-corrected chi connectivity index (χ3v) is 4.41. The number of hydrogen-bond donors (Lipinski definition) is 1. The monoisotopic (exact) mass is 340 g/mol. The topological polar surface area (TPSA) is 83.9 Å². The maximum atomic E-state index is 11.6. The number of carbonyl (C=O) groups excluding carboxylic acids is 1. The summed E-state index contributed by atoms with van der Waals surface area (Å²) in [6.07, 6.45) is 4.58. The van der Waals surface area contributed by atoms with Crippen molar-refractivity contribution < 1.29 is 4.79 Å². The predicted octanol–water partition coefficient (Wildman–Crippen LogP) is 2.43. The smallest absolute Gasteiger partial charge is 0.228 e. The second-order valence-corrected chi connectivity index (χ2v) is 6.67. The Labute approximate surface area is 147 Å². The molecule has 2 aromatic rings. The van der Waals surface area contributed by atoms with Gasteiger partial charge < -0.3 is 10.2 Å². The number of rotatable bonds is 4. The van der Waals surface area contributed by atoms with Gasteiger partial charge >= 0.3 is 0 Å². The molecule has 1 fully saturated rings. The second kappa shape index (κ2) is 7.55. The van der Waals surface area contributed by atoms with Crippen molar-refractivity contribution in [2.24, 2.45) is 5.92 Å². The Bertz CT molecular complexity index is 743. The van der Waals surface area contributed by atoms with E-state index >= 15 is 0 Å². The quantitative estimate of drug-likeness (QED) is 0.920. The van der Waals surface area contributed by atoms with Gasteiger partial charge in [-0.05, 0) is 45.1 Å². The normalized spacial score (nSPS) is 17.4. The molecule has 1 N–H and O–H groups in total. The van der Waals surface area contributed by atoms with Crippen LogP contribution in [0.1, 0.15) is 36.8 Å². The van der Waals surface area contributed by atoms with Gasteiger partial charge in [0.15, 0.2) is 0 Å². The van der Waals surface area contributed by atoms with Gasteiger partial charge in [-0.25, -0.2) is 19.9 Å². The number of piperidine rings is 1. The number of hydrogen-bond acceptors (Lipinski definition) is 6. The van der Waals surface area contributed by atoms with Crippen LogP contribution in [0.2, 0.25) is 0 Å². The highest BCUT2D eigenvalue weighted by Gasteiger charge is 2.22. The molecule has 0 spiro atoms. The summed E-state index contributed by atoms with van der Waals surface area (Å²) >= 11 is 0. The molecule has 1 saturated heterocycles. The van der Waals surface area contributed by atoms with E-state index in [1.165, 1.54) is 0 Å². The van der Waals surface area contributed by atoms with Crippen molar-refractivity contribution in [3.05, 3.63) is 35.5 Å². The number of aromatic nitrogens is 4. The van der Waals surface area contributed by atoms with Crippen LogP contribution in [0.25, 0.3) is 0 Å².